The van der Waals surface area contributed by atoms with Crippen molar-refractivity contribution < 1.29 is 14.1 Å². The van der Waals surface area contributed by atoms with Gasteiger partial charge in [-0.25, -0.2) is 4.98 Å². The number of hydrogen-bond acceptors (Lipinski definition) is 8. The van der Waals surface area contributed by atoms with Gasteiger partial charge >= 0.3 is 0 Å². The number of carbonyl (C=O) groups excluding carboxylic acids is 1. The molecule has 27 heavy (non-hydrogen) atoms. The zero-order chi connectivity index (χ0) is 18.8. The van der Waals surface area contributed by atoms with Crippen LogP contribution in [0.1, 0.15) is 24.6 Å². The predicted octanol–water partition coefficient (Wildman–Crippen LogP) is 2.53. The standard InChI is InChI=1S/C18H21N5O3S/c1-11-20-16(26-22-11)9-19-17(24)12-4-3-7-23(10-12)18-21-14-6-5-13(25-2)8-15(14)27-18/h5-6,8,12H,3-4,7,9-10H2,1-2H3,(H,19,24). The molecule has 1 aliphatic heterocycles. The van der Waals surface area contributed by atoms with Gasteiger partial charge in [0, 0.05) is 13.1 Å². The zero-order valence-corrected chi connectivity index (χ0v) is 16.1. The fourth-order valence-corrected chi connectivity index (χ4v) is 4.27. The second kappa shape index (κ2) is 7.51. The van der Waals surface area contributed by atoms with Crippen LogP contribution in [0.4, 0.5) is 5.13 Å². The number of aromatic nitrogens is 3. The number of ether oxygens (including phenoxy) is 1. The van der Waals surface area contributed by atoms with Gasteiger partial charge in [0.15, 0.2) is 11.0 Å². The van der Waals surface area contributed by atoms with E-state index in [0.29, 0.717) is 18.3 Å². The molecule has 0 aliphatic carbocycles. The topological polar surface area (TPSA) is 93.4 Å². The van der Waals surface area contributed by atoms with Crippen LogP contribution in [0.3, 0.4) is 0 Å². The van der Waals surface area contributed by atoms with Crippen LogP contribution in [0.5, 0.6) is 5.75 Å². The highest BCUT2D eigenvalue weighted by Crippen LogP contribution is 2.33. The SMILES string of the molecule is COc1ccc2nc(N3CCCC(C(=O)NCc4nc(C)no4)C3)sc2c1. The lowest BCUT2D eigenvalue weighted by atomic mass is 9.97. The van der Waals surface area contributed by atoms with Gasteiger partial charge in [-0.3, -0.25) is 4.79 Å². The first-order chi connectivity index (χ1) is 13.1. The smallest absolute Gasteiger partial charge is 0.246 e. The molecule has 0 saturated carbocycles. The molecular formula is C18H21N5O3S. The highest BCUT2D eigenvalue weighted by molar-refractivity contribution is 7.22. The molecule has 1 N–H and O–H groups in total. The molecule has 1 saturated heterocycles. The predicted molar refractivity (Wildman–Crippen MR) is 102 cm³/mol. The Kier molecular flexibility index (Phi) is 4.93. The Hall–Kier alpha value is -2.68. The lowest BCUT2D eigenvalue weighted by Gasteiger charge is -2.31. The largest absolute Gasteiger partial charge is 0.497 e. The molecule has 1 amide bonds. The maximum absolute atomic E-state index is 12.5. The molecule has 1 atom stereocenters. The Balaban J connectivity index is 1.42. The third-order valence-electron chi connectivity index (χ3n) is 4.63. The number of aryl methyl sites for hydroxylation is 1. The second-order valence-electron chi connectivity index (χ2n) is 6.57. The summed E-state index contributed by atoms with van der Waals surface area (Å²) in [5, 5.41) is 7.58. The number of carbonyl (C=O) groups is 1. The average Bonchev–Trinajstić information content (AvgIpc) is 3.31. The van der Waals surface area contributed by atoms with Gasteiger partial charge in [-0.1, -0.05) is 16.5 Å². The first-order valence-electron chi connectivity index (χ1n) is 8.89. The third-order valence-corrected chi connectivity index (χ3v) is 5.71. The summed E-state index contributed by atoms with van der Waals surface area (Å²) in [5.74, 6) is 1.75. The van der Waals surface area contributed by atoms with Gasteiger partial charge in [0.25, 0.3) is 0 Å². The third kappa shape index (κ3) is 3.87. The number of nitrogens with zero attached hydrogens (tertiary/aromatic N) is 4. The number of thiazole rings is 1. The van der Waals surface area contributed by atoms with E-state index in [1.165, 1.54) is 0 Å². The van der Waals surface area contributed by atoms with Crippen molar-refractivity contribution in [2.45, 2.75) is 26.3 Å². The molecule has 1 aromatic carbocycles. The van der Waals surface area contributed by atoms with Crippen LogP contribution >= 0.6 is 11.3 Å². The average molecular weight is 387 g/mol. The van der Waals surface area contributed by atoms with E-state index in [1.54, 1.807) is 25.4 Å². The number of hydrogen-bond donors (Lipinski definition) is 1. The Morgan fingerprint density at radius 3 is 3.11 bits per heavy atom. The number of methoxy groups -OCH3 is 1. The van der Waals surface area contributed by atoms with Crippen LogP contribution in [0, 0.1) is 12.8 Å². The molecular weight excluding hydrogens is 366 g/mol. The van der Waals surface area contributed by atoms with E-state index in [0.717, 1.165) is 40.5 Å². The Morgan fingerprint density at radius 2 is 2.33 bits per heavy atom. The normalized spacial score (nSPS) is 17.3. The maximum atomic E-state index is 12.5. The summed E-state index contributed by atoms with van der Waals surface area (Å²) in [6.07, 6.45) is 1.82. The van der Waals surface area contributed by atoms with E-state index in [4.69, 9.17) is 14.2 Å². The quantitative estimate of drug-likeness (QED) is 0.719. The number of rotatable bonds is 5. The minimum atomic E-state index is -0.0793. The van der Waals surface area contributed by atoms with E-state index in [1.807, 2.05) is 18.2 Å². The van der Waals surface area contributed by atoms with Crippen molar-refractivity contribution in [2.75, 3.05) is 25.1 Å². The van der Waals surface area contributed by atoms with Crippen molar-refractivity contribution in [3.05, 3.63) is 29.9 Å². The molecule has 1 fully saturated rings. The zero-order valence-electron chi connectivity index (χ0n) is 15.3. The van der Waals surface area contributed by atoms with Crippen molar-refractivity contribution in [2.24, 2.45) is 5.92 Å². The molecule has 2 aromatic heterocycles. The first-order valence-corrected chi connectivity index (χ1v) is 9.70. The molecule has 1 unspecified atom stereocenters. The van der Waals surface area contributed by atoms with E-state index in [2.05, 4.69) is 20.4 Å². The van der Waals surface area contributed by atoms with E-state index in [9.17, 15) is 4.79 Å². The van der Waals surface area contributed by atoms with Crippen LogP contribution in [0.2, 0.25) is 0 Å². The summed E-state index contributed by atoms with van der Waals surface area (Å²) in [6.45, 7) is 3.58. The molecule has 0 bridgehead atoms. The molecule has 3 heterocycles. The molecule has 1 aliphatic rings. The van der Waals surface area contributed by atoms with E-state index < -0.39 is 0 Å². The summed E-state index contributed by atoms with van der Waals surface area (Å²) in [7, 11) is 1.66. The second-order valence-corrected chi connectivity index (χ2v) is 7.58. The number of nitrogens with one attached hydrogen (secondary N) is 1. The lowest BCUT2D eigenvalue weighted by Crippen LogP contribution is -2.43. The highest BCUT2D eigenvalue weighted by atomic mass is 32.1. The first kappa shape index (κ1) is 17.7. The van der Waals surface area contributed by atoms with Crippen LogP contribution in [0.15, 0.2) is 22.7 Å². The summed E-state index contributed by atoms with van der Waals surface area (Å²) in [4.78, 5) is 23.6. The molecule has 9 heteroatoms. The minimum absolute atomic E-state index is 0.0123. The number of piperidine rings is 1. The Labute approximate surface area is 160 Å². The van der Waals surface area contributed by atoms with Gasteiger partial charge in [-0.2, -0.15) is 4.98 Å². The van der Waals surface area contributed by atoms with Crippen molar-refractivity contribution >= 4 is 32.6 Å². The Bertz CT molecular complexity index is 954. The molecule has 8 nitrogen and oxygen atoms in total. The van der Waals surface area contributed by atoms with Gasteiger partial charge in [0.1, 0.15) is 5.75 Å². The van der Waals surface area contributed by atoms with Crippen LogP contribution in [-0.2, 0) is 11.3 Å². The summed E-state index contributed by atoms with van der Waals surface area (Å²) in [6, 6.07) is 5.88. The van der Waals surface area contributed by atoms with Gasteiger partial charge in [0.2, 0.25) is 11.8 Å². The van der Waals surface area contributed by atoms with E-state index >= 15 is 0 Å². The molecule has 0 radical (unpaired) electrons. The molecule has 0 spiro atoms. The Morgan fingerprint density at radius 1 is 1.44 bits per heavy atom. The van der Waals surface area contributed by atoms with Crippen LogP contribution in [-0.4, -0.2) is 41.2 Å². The monoisotopic (exact) mass is 387 g/mol. The number of amides is 1. The molecule has 142 valence electrons. The van der Waals surface area contributed by atoms with Crippen molar-refractivity contribution in [1.82, 2.24) is 20.4 Å². The van der Waals surface area contributed by atoms with Gasteiger partial charge in [0.05, 0.1) is 29.8 Å². The van der Waals surface area contributed by atoms with Gasteiger partial charge in [-0.05, 0) is 38.0 Å². The number of benzene rings is 1. The fraction of sp³-hybridized carbons (Fsp3) is 0.444. The highest BCUT2D eigenvalue weighted by Gasteiger charge is 2.27. The van der Waals surface area contributed by atoms with Crippen molar-refractivity contribution in [3.63, 3.8) is 0 Å². The maximum Gasteiger partial charge on any atom is 0.246 e. The van der Waals surface area contributed by atoms with E-state index in [-0.39, 0.29) is 18.4 Å². The lowest BCUT2D eigenvalue weighted by molar-refractivity contribution is -0.125. The number of anilines is 1. The van der Waals surface area contributed by atoms with Crippen LogP contribution < -0.4 is 15.0 Å². The minimum Gasteiger partial charge on any atom is -0.497 e. The number of fused-ring (bicyclic) bond motifs is 1. The van der Waals surface area contributed by atoms with Gasteiger partial charge < -0.3 is 19.5 Å². The molecule has 3 aromatic rings. The molecule has 4 rings (SSSR count). The van der Waals surface area contributed by atoms with Crippen molar-refractivity contribution in [1.29, 1.82) is 0 Å². The summed E-state index contributed by atoms with van der Waals surface area (Å²) in [5.41, 5.74) is 0.953. The fourth-order valence-electron chi connectivity index (χ4n) is 3.24. The van der Waals surface area contributed by atoms with Crippen LogP contribution in [0.25, 0.3) is 10.2 Å². The summed E-state index contributed by atoms with van der Waals surface area (Å²) < 4.78 is 11.4. The van der Waals surface area contributed by atoms with Crippen molar-refractivity contribution in [3.8, 4) is 5.75 Å². The summed E-state index contributed by atoms with van der Waals surface area (Å²) >= 11 is 1.63. The van der Waals surface area contributed by atoms with Gasteiger partial charge in [-0.15, -0.1) is 0 Å².